The third kappa shape index (κ3) is 3.69. The van der Waals surface area contributed by atoms with Gasteiger partial charge in [0.2, 0.25) is 0 Å². The predicted octanol–water partition coefficient (Wildman–Crippen LogP) is 1.85. The summed E-state index contributed by atoms with van der Waals surface area (Å²) in [6.45, 7) is 1.21. The molecule has 0 bridgehead atoms. The molecule has 1 aromatic carbocycles. The SMILES string of the molecule is COC(=O)c1coc(CNCc2cccc(CO)c2)c1. The lowest BCUT2D eigenvalue weighted by molar-refractivity contribution is 0.0600. The molecule has 0 unspecified atom stereocenters. The number of furan rings is 1. The number of rotatable bonds is 6. The van der Waals surface area contributed by atoms with Crippen molar-refractivity contribution in [1.29, 1.82) is 0 Å². The molecule has 0 amide bonds. The molecule has 0 fully saturated rings. The van der Waals surface area contributed by atoms with Gasteiger partial charge in [-0.1, -0.05) is 24.3 Å². The van der Waals surface area contributed by atoms with Gasteiger partial charge in [-0.15, -0.1) is 0 Å². The highest BCUT2D eigenvalue weighted by molar-refractivity contribution is 5.88. The molecule has 1 aromatic heterocycles. The Kier molecular flexibility index (Phi) is 4.92. The summed E-state index contributed by atoms with van der Waals surface area (Å²) in [7, 11) is 1.33. The Balaban J connectivity index is 1.86. The van der Waals surface area contributed by atoms with Crippen molar-refractivity contribution >= 4 is 5.97 Å². The van der Waals surface area contributed by atoms with E-state index in [0.29, 0.717) is 24.4 Å². The van der Waals surface area contributed by atoms with Gasteiger partial charge in [-0.05, 0) is 17.2 Å². The van der Waals surface area contributed by atoms with E-state index in [1.807, 2.05) is 24.3 Å². The largest absolute Gasteiger partial charge is 0.467 e. The molecule has 0 aliphatic carbocycles. The maximum atomic E-state index is 11.3. The van der Waals surface area contributed by atoms with E-state index in [4.69, 9.17) is 9.52 Å². The minimum absolute atomic E-state index is 0.0362. The van der Waals surface area contributed by atoms with Crippen molar-refractivity contribution in [2.24, 2.45) is 0 Å². The number of hydrogen-bond acceptors (Lipinski definition) is 5. The van der Waals surface area contributed by atoms with Gasteiger partial charge in [0.1, 0.15) is 12.0 Å². The van der Waals surface area contributed by atoms with Crippen molar-refractivity contribution in [2.45, 2.75) is 19.7 Å². The maximum absolute atomic E-state index is 11.3. The van der Waals surface area contributed by atoms with Crippen LogP contribution in [0.25, 0.3) is 0 Å². The van der Waals surface area contributed by atoms with Crippen molar-refractivity contribution in [3.63, 3.8) is 0 Å². The molecule has 0 radical (unpaired) electrons. The minimum Gasteiger partial charge on any atom is -0.467 e. The zero-order valence-electron chi connectivity index (χ0n) is 11.3. The first-order chi connectivity index (χ1) is 9.72. The van der Waals surface area contributed by atoms with E-state index in [1.54, 1.807) is 6.07 Å². The molecular formula is C15H17NO4. The summed E-state index contributed by atoms with van der Waals surface area (Å²) in [5, 5.41) is 12.3. The molecule has 2 rings (SSSR count). The maximum Gasteiger partial charge on any atom is 0.341 e. The number of benzene rings is 1. The van der Waals surface area contributed by atoms with E-state index in [2.05, 4.69) is 10.1 Å². The normalized spacial score (nSPS) is 10.5. The molecule has 0 atom stereocenters. The summed E-state index contributed by atoms with van der Waals surface area (Å²) in [5.41, 5.74) is 2.37. The van der Waals surface area contributed by atoms with Crippen LogP contribution >= 0.6 is 0 Å². The van der Waals surface area contributed by atoms with E-state index in [-0.39, 0.29) is 6.61 Å². The minimum atomic E-state index is -0.407. The van der Waals surface area contributed by atoms with Crippen LogP contribution in [0.1, 0.15) is 27.2 Å². The van der Waals surface area contributed by atoms with Crippen LogP contribution in [-0.2, 0) is 24.4 Å². The molecule has 106 valence electrons. The number of carbonyl (C=O) groups is 1. The van der Waals surface area contributed by atoms with Crippen LogP contribution in [0.2, 0.25) is 0 Å². The monoisotopic (exact) mass is 275 g/mol. The number of methoxy groups -OCH3 is 1. The number of ether oxygens (including phenoxy) is 1. The van der Waals surface area contributed by atoms with Gasteiger partial charge in [0.25, 0.3) is 0 Å². The molecule has 5 nitrogen and oxygen atoms in total. The average Bonchev–Trinajstić information content (AvgIpc) is 2.95. The van der Waals surface area contributed by atoms with Gasteiger partial charge in [-0.3, -0.25) is 0 Å². The summed E-state index contributed by atoms with van der Waals surface area (Å²) >= 11 is 0. The van der Waals surface area contributed by atoms with Crippen LogP contribution < -0.4 is 5.32 Å². The summed E-state index contributed by atoms with van der Waals surface area (Å²) in [6.07, 6.45) is 1.38. The predicted molar refractivity (Wildman–Crippen MR) is 73.0 cm³/mol. The number of nitrogens with one attached hydrogen (secondary N) is 1. The lowest BCUT2D eigenvalue weighted by Gasteiger charge is -2.04. The quantitative estimate of drug-likeness (QED) is 0.787. The highest BCUT2D eigenvalue weighted by Gasteiger charge is 2.09. The lowest BCUT2D eigenvalue weighted by Crippen LogP contribution is -2.12. The fourth-order valence-corrected chi connectivity index (χ4v) is 1.87. The molecule has 2 N–H and O–H groups in total. The highest BCUT2D eigenvalue weighted by atomic mass is 16.5. The van der Waals surface area contributed by atoms with Crippen molar-refractivity contribution in [3.05, 3.63) is 59.0 Å². The molecule has 0 aliphatic rings. The second-order valence-electron chi connectivity index (χ2n) is 4.37. The fraction of sp³-hybridized carbons (Fsp3) is 0.267. The summed E-state index contributed by atoms with van der Waals surface area (Å²) in [6, 6.07) is 9.36. The Bertz CT molecular complexity index is 577. The van der Waals surface area contributed by atoms with E-state index in [1.165, 1.54) is 13.4 Å². The van der Waals surface area contributed by atoms with Gasteiger partial charge < -0.3 is 19.6 Å². The Morgan fingerprint density at radius 1 is 1.30 bits per heavy atom. The Morgan fingerprint density at radius 2 is 2.10 bits per heavy atom. The summed E-state index contributed by atoms with van der Waals surface area (Å²) in [5.74, 6) is 0.263. The molecule has 0 aliphatic heterocycles. The highest BCUT2D eigenvalue weighted by Crippen LogP contribution is 2.10. The van der Waals surface area contributed by atoms with Gasteiger partial charge >= 0.3 is 5.97 Å². The average molecular weight is 275 g/mol. The summed E-state index contributed by atoms with van der Waals surface area (Å²) in [4.78, 5) is 11.3. The van der Waals surface area contributed by atoms with Crippen LogP contribution in [0.15, 0.2) is 41.0 Å². The number of esters is 1. The first-order valence-corrected chi connectivity index (χ1v) is 6.28. The van der Waals surface area contributed by atoms with Gasteiger partial charge in [-0.25, -0.2) is 4.79 Å². The molecular weight excluding hydrogens is 258 g/mol. The second kappa shape index (κ2) is 6.88. The van der Waals surface area contributed by atoms with Crippen LogP contribution in [0, 0.1) is 0 Å². The zero-order valence-corrected chi connectivity index (χ0v) is 11.3. The third-order valence-corrected chi connectivity index (χ3v) is 2.88. The van der Waals surface area contributed by atoms with E-state index >= 15 is 0 Å². The molecule has 5 heteroatoms. The Labute approximate surface area is 117 Å². The van der Waals surface area contributed by atoms with Gasteiger partial charge in [-0.2, -0.15) is 0 Å². The van der Waals surface area contributed by atoms with Crippen molar-refractivity contribution in [1.82, 2.24) is 5.32 Å². The number of aliphatic hydroxyl groups is 1. The van der Waals surface area contributed by atoms with Crippen LogP contribution in [-0.4, -0.2) is 18.2 Å². The first-order valence-electron chi connectivity index (χ1n) is 6.28. The van der Waals surface area contributed by atoms with Crippen LogP contribution in [0.3, 0.4) is 0 Å². The van der Waals surface area contributed by atoms with Crippen LogP contribution in [0.4, 0.5) is 0 Å². The standard InChI is InChI=1S/C15H17NO4/c1-19-15(18)13-6-14(20-10-13)8-16-7-11-3-2-4-12(5-11)9-17/h2-6,10,16-17H,7-9H2,1H3. The topological polar surface area (TPSA) is 71.7 Å². The van der Waals surface area contributed by atoms with Crippen molar-refractivity contribution < 1.29 is 19.1 Å². The number of hydrogen-bond donors (Lipinski definition) is 2. The Morgan fingerprint density at radius 3 is 2.85 bits per heavy atom. The van der Waals surface area contributed by atoms with Crippen molar-refractivity contribution in [2.75, 3.05) is 7.11 Å². The molecule has 20 heavy (non-hydrogen) atoms. The van der Waals surface area contributed by atoms with E-state index in [9.17, 15) is 4.79 Å². The molecule has 2 aromatic rings. The smallest absolute Gasteiger partial charge is 0.341 e. The van der Waals surface area contributed by atoms with Crippen LogP contribution in [0.5, 0.6) is 0 Å². The molecule has 0 saturated heterocycles. The van der Waals surface area contributed by atoms with Crippen molar-refractivity contribution in [3.8, 4) is 0 Å². The van der Waals surface area contributed by atoms with Gasteiger partial charge in [0.05, 0.1) is 25.8 Å². The first kappa shape index (κ1) is 14.3. The van der Waals surface area contributed by atoms with Gasteiger partial charge in [0, 0.05) is 6.54 Å². The van der Waals surface area contributed by atoms with E-state index < -0.39 is 5.97 Å². The number of carbonyl (C=O) groups excluding carboxylic acids is 1. The summed E-state index contributed by atoms with van der Waals surface area (Å²) < 4.78 is 9.87. The molecule has 1 heterocycles. The molecule has 0 saturated carbocycles. The number of aliphatic hydroxyl groups excluding tert-OH is 1. The lowest BCUT2D eigenvalue weighted by atomic mass is 10.1. The van der Waals surface area contributed by atoms with Gasteiger partial charge in [0.15, 0.2) is 0 Å². The Hall–Kier alpha value is -2.11. The second-order valence-corrected chi connectivity index (χ2v) is 4.37. The zero-order chi connectivity index (χ0) is 14.4. The van der Waals surface area contributed by atoms with E-state index in [0.717, 1.165) is 11.1 Å². The third-order valence-electron chi connectivity index (χ3n) is 2.88. The molecule has 0 spiro atoms. The fourth-order valence-electron chi connectivity index (χ4n) is 1.87.